The first-order chi connectivity index (χ1) is 7.61. The van der Waals surface area contributed by atoms with Gasteiger partial charge in [0.25, 0.3) is 0 Å². The van der Waals surface area contributed by atoms with Crippen molar-refractivity contribution in [3.05, 3.63) is 35.4 Å². The Bertz CT molecular complexity index is 438. The van der Waals surface area contributed by atoms with Crippen LogP contribution in [0.5, 0.6) is 0 Å². The second-order valence-corrected chi connectivity index (χ2v) is 4.00. The van der Waals surface area contributed by atoms with Gasteiger partial charge in [0.15, 0.2) is 0 Å². The van der Waals surface area contributed by atoms with Gasteiger partial charge in [-0.25, -0.2) is 0 Å². The Kier molecular flexibility index (Phi) is 2.64. The van der Waals surface area contributed by atoms with Crippen molar-refractivity contribution in [3.8, 4) is 0 Å². The van der Waals surface area contributed by atoms with Crippen molar-refractivity contribution in [3.63, 3.8) is 0 Å². The third-order valence-electron chi connectivity index (χ3n) is 3.10. The Hall–Kier alpha value is -1.84. The monoisotopic (exact) mass is 220 g/mol. The molecule has 1 aliphatic carbocycles. The van der Waals surface area contributed by atoms with Crippen LogP contribution in [0.1, 0.15) is 23.5 Å². The van der Waals surface area contributed by atoms with Crippen molar-refractivity contribution in [2.45, 2.75) is 18.8 Å². The van der Waals surface area contributed by atoms with E-state index in [0.717, 1.165) is 5.56 Å². The fourth-order valence-electron chi connectivity index (χ4n) is 2.33. The first-order valence-electron chi connectivity index (χ1n) is 5.14. The number of hydrogen-bond donors (Lipinski definition) is 2. The van der Waals surface area contributed by atoms with Crippen LogP contribution in [0, 0.1) is 5.92 Å². The molecule has 4 nitrogen and oxygen atoms in total. The zero-order chi connectivity index (χ0) is 11.7. The Morgan fingerprint density at radius 2 is 1.81 bits per heavy atom. The lowest BCUT2D eigenvalue weighted by atomic mass is 9.75. The molecule has 2 rings (SSSR count). The first-order valence-corrected chi connectivity index (χ1v) is 5.14. The van der Waals surface area contributed by atoms with Crippen LogP contribution in [-0.4, -0.2) is 22.2 Å². The molecule has 2 N–H and O–H groups in total. The predicted molar refractivity (Wildman–Crippen MR) is 56.3 cm³/mol. The molecule has 0 unspecified atom stereocenters. The summed E-state index contributed by atoms with van der Waals surface area (Å²) in [6.45, 7) is 0. The van der Waals surface area contributed by atoms with E-state index in [4.69, 9.17) is 10.2 Å². The molecule has 2 atom stereocenters. The quantitative estimate of drug-likeness (QED) is 0.792. The maximum Gasteiger partial charge on any atom is 0.311 e. The summed E-state index contributed by atoms with van der Waals surface area (Å²) < 4.78 is 0. The van der Waals surface area contributed by atoms with Gasteiger partial charge >= 0.3 is 11.9 Å². The van der Waals surface area contributed by atoms with Gasteiger partial charge in [-0.15, -0.1) is 0 Å². The molecular formula is C12H12O4. The molecule has 1 aliphatic rings. The minimum atomic E-state index is -1.06. The van der Waals surface area contributed by atoms with E-state index < -0.39 is 23.8 Å². The van der Waals surface area contributed by atoms with Crippen molar-refractivity contribution < 1.29 is 19.8 Å². The lowest BCUT2D eigenvalue weighted by molar-refractivity contribution is -0.150. The van der Waals surface area contributed by atoms with Gasteiger partial charge < -0.3 is 10.2 Å². The number of carboxylic acid groups (broad SMARTS) is 2. The van der Waals surface area contributed by atoms with Gasteiger partial charge in [-0.1, -0.05) is 24.3 Å². The van der Waals surface area contributed by atoms with Crippen LogP contribution in [-0.2, 0) is 16.0 Å². The van der Waals surface area contributed by atoms with Crippen LogP contribution in [0.4, 0.5) is 0 Å². The minimum Gasteiger partial charge on any atom is -0.481 e. The maximum atomic E-state index is 11.2. The van der Waals surface area contributed by atoms with Crippen molar-refractivity contribution in [1.82, 2.24) is 0 Å². The fraction of sp³-hybridized carbons (Fsp3) is 0.333. The Labute approximate surface area is 92.5 Å². The number of aryl methyl sites for hydroxylation is 1. The van der Waals surface area contributed by atoms with Crippen LogP contribution in [0.3, 0.4) is 0 Å². The molecule has 0 saturated carbocycles. The molecule has 0 spiro atoms. The van der Waals surface area contributed by atoms with Gasteiger partial charge in [0, 0.05) is 0 Å². The lowest BCUT2D eigenvalue weighted by Crippen LogP contribution is -2.32. The highest BCUT2D eigenvalue weighted by molar-refractivity contribution is 5.85. The highest BCUT2D eigenvalue weighted by Gasteiger charge is 2.38. The standard InChI is InChI=1S/C12H12O4/c13-11(14)9-6-5-7-3-1-2-4-8(7)10(9)12(15)16/h1-4,9-10H,5-6H2,(H,13,14)(H,15,16)/t9-,10+/m0/s1. The summed E-state index contributed by atoms with van der Waals surface area (Å²) in [6, 6.07) is 7.17. The minimum absolute atomic E-state index is 0.392. The SMILES string of the molecule is O=C(O)[C@H]1CCc2ccccc2[C@H]1C(=O)O. The molecule has 0 radical (unpaired) electrons. The van der Waals surface area contributed by atoms with E-state index in [9.17, 15) is 9.59 Å². The zero-order valence-corrected chi connectivity index (χ0v) is 8.59. The zero-order valence-electron chi connectivity index (χ0n) is 8.59. The average Bonchev–Trinajstić information content (AvgIpc) is 2.27. The summed E-state index contributed by atoms with van der Waals surface area (Å²) in [5, 5.41) is 18.2. The molecule has 4 heteroatoms. The summed E-state index contributed by atoms with van der Waals surface area (Å²) in [7, 11) is 0. The van der Waals surface area contributed by atoms with E-state index in [1.807, 2.05) is 12.1 Å². The van der Waals surface area contributed by atoms with Crippen LogP contribution in [0.2, 0.25) is 0 Å². The van der Waals surface area contributed by atoms with Crippen LogP contribution < -0.4 is 0 Å². The Balaban J connectivity index is 2.47. The number of carbonyl (C=O) groups is 2. The molecule has 1 aromatic rings. The molecule has 84 valence electrons. The number of rotatable bonds is 2. The molecule has 0 saturated heterocycles. The van der Waals surface area contributed by atoms with E-state index in [1.165, 1.54) is 0 Å². The summed E-state index contributed by atoms with van der Waals surface area (Å²) in [4.78, 5) is 22.2. The summed E-state index contributed by atoms with van der Waals surface area (Å²) in [6.07, 6.45) is 1.03. The lowest BCUT2D eigenvalue weighted by Gasteiger charge is -2.27. The smallest absolute Gasteiger partial charge is 0.311 e. The van der Waals surface area contributed by atoms with Crippen LogP contribution in [0.25, 0.3) is 0 Å². The third-order valence-corrected chi connectivity index (χ3v) is 3.10. The van der Waals surface area contributed by atoms with E-state index in [1.54, 1.807) is 12.1 Å². The number of aliphatic carboxylic acids is 2. The number of carboxylic acids is 2. The van der Waals surface area contributed by atoms with Gasteiger partial charge in [-0.05, 0) is 24.0 Å². The van der Waals surface area contributed by atoms with Crippen LogP contribution in [0.15, 0.2) is 24.3 Å². The highest BCUT2D eigenvalue weighted by Crippen LogP contribution is 2.36. The Morgan fingerprint density at radius 1 is 1.12 bits per heavy atom. The van der Waals surface area contributed by atoms with Crippen molar-refractivity contribution in [2.24, 2.45) is 5.92 Å². The molecule has 1 aromatic carbocycles. The highest BCUT2D eigenvalue weighted by atomic mass is 16.4. The normalized spacial score (nSPS) is 23.5. The number of hydrogen-bond acceptors (Lipinski definition) is 2. The predicted octanol–water partition coefficient (Wildman–Crippen LogP) is 1.50. The summed E-state index contributed by atoms with van der Waals surface area (Å²) in [5.74, 6) is -3.81. The van der Waals surface area contributed by atoms with E-state index in [-0.39, 0.29) is 0 Å². The second-order valence-electron chi connectivity index (χ2n) is 4.00. The van der Waals surface area contributed by atoms with Crippen LogP contribution >= 0.6 is 0 Å². The molecule has 0 aliphatic heterocycles. The van der Waals surface area contributed by atoms with Crippen molar-refractivity contribution >= 4 is 11.9 Å². The van der Waals surface area contributed by atoms with E-state index >= 15 is 0 Å². The van der Waals surface area contributed by atoms with Gasteiger partial charge in [0.1, 0.15) is 0 Å². The third kappa shape index (κ3) is 1.66. The molecule has 0 heterocycles. The van der Waals surface area contributed by atoms with E-state index in [2.05, 4.69) is 0 Å². The number of benzene rings is 1. The van der Waals surface area contributed by atoms with Gasteiger partial charge in [-0.3, -0.25) is 9.59 Å². The number of fused-ring (bicyclic) bond motifs is 1. The molecular weight excluding hydrogens is 208 g/mol. The topological polar surface area (TPSA) is 74.6 Å². The molecule has 0 aromatic heterocycles. The van der Waals surface area contributed by atoms with Gasteiger partial charge in [-0.2, -0.15) is 0 Å². The summed E-state index contributed by atoms with van der Waals surface area (Å²) in [5.41, 5.74) is 1.60. The van der Waals surface area contributed by atoms with Crippen molar-refractivity contribution in [2.75, 3.05) is 0 Å². The second kappa shape index (κ2) is 3.96. The van der Waals surface area contributed by atoms with Crippen molar-refractivity contribution in [1.29, 1.82) is 0 Å². The molecule has 0 fully saturated rings. The molecule has 16 heavy (non-hydrogen) atoms. The largest absolute Gasteiger partial charge is 0.481 e. The maximum absolute atomic E-state index is 11.2. The van der Waals surface area contributed by atoms with Gasteiger partial charge in [0.2, 0.25) is 0 Å². The molecule has 0 bridgehead atoms. The average molecular weight is 220 g/mol. The van der Waals surface area contributed by atoms with E-state index in [0.29, 0.717) is 18.4 Å². The Morgan fingerprint density at radius 3 is 2.44 bits per heavy atom. The van der Waals surface area contributed by atoms with Gasteiger partial charge in [0.05, 0.1) is 11.8 Å². The summed E-state index contributed by atoms with van der Waals surface area (Å²) >= 11 is 0. The first kappa shape index (κ1) is 10.7. The molecule has 0 amide bonds. The fourth-order valence-corrected chi connectivity index (χ4v) is 2.33.